The maximum atomic E-state index is 12.9. The second-order valence-corrected chi connectivity index (χ2v) is 9.64. The highest BCUT2D eigenvalue weighted by Crippen LogP contribution is 2.26. The number of para-hydroxylation sites is 2. The monoisotopic (exact) mass is 455 g/mol. The summed E-state index contributed by atoms with van der Waals surface area (Å²) >= 11 is 0. The smallest absolute Gasteiger partial charge is 0.309 e. The lowest BCUT2D eigenvalue weighted by molar-refractivity contribution is -0.151. The van der Waals surface area contributed by atoms with Crippen molar-refractivity contribution >= 4 is 27.0 Å². The van der Waals surface area contributed by atoms with Crippen molar-refractivity contribution in [2.24, 2.45) is 5.92 Å². The number of rotatable bonds is 6. The molecule has 32 heavy (non-hydrogen) atoms. The van der Waals surface area contributed by atoms with Crippen LogP contribution < -0.4 is 4.74 Å². The zero-order chi connectivity index (χ0) is 22.7. The topological polar surface area (TPSA) is 98.7 Å². The molecular formula is C23H25N3O5S. The quantitative estimate of drug-likeness (QED) is 0.527. The van der Waals surface area contributed by atoms with Gasteiger partial charge in [-0.25, -0.2) is 18.4 Å². The lowest BCUT2D eigenvalue weighted by Crippen LogP contribution is -2.40. The van der Waals surface area contributed by atoms with Gasteiger partial charge in [-0.3, -0.25) is 4.79 Å². The molecule has 8 nitrogen and oxygen atoms in total. The molecule has 1 aliphatic rings. The molecule has 0 N–H and O–H groups in total. The van der Waals surface area contributed by atoms with Crippen LogP contribution in [0.25, 0.3) is 11.0 Å². The van der Waals surface area contributed by atoms with Crippen molar-refractivity contribution < 1.29 is 22.7 Å². The first-order valence-electron chi connectivity index (χ1n) is 10.4. The van der Waals surface area contributed by atoms with Gasteiger partial charge in [-0.1, -0.05) is 12.1 Å². The van der Waals surface area contributed by atoms with Gasteiger partial charge < -0.3 is 9.47 Å². The fourth-order valence-corrected chi connectivity index (χ4v) is 5.22. The van der Waals surface area contributed by atoms with E-state index in [0.29, 0.717) is 24.3 Å². The van der Waals surface area contributed by atoms with Crippen molar-refractivity contribution in [1.29, 1.82) is 0 Å². The second-order valence-electron chi connectivity index (χ2n) is 7.71. The number of benzene rings is 2. The Kier molecular flexibility index (Phi) is 6.38. The molecule has 9 heteroatoms. The van der Waals surface area contributed by atoms with Gasteiger partial charge in [0.2, 0.25) is 10.0 Å². The van der Waals surface area contributed by atoms with Gasteiger partial charge in [0.15, 0.2) is 0 Å². The first-order chi connectivity index (χ1) is 15.4. The molecule has 0 unspecified atom stereocenters. The van der Waals surface area contributed by atoms with E-state index in [1.807, 2.05) is 31.2 Å². The highest BCUT2D eigenvalue weighted by Gasteiger charge is 2.33. The molecule has 0 aliphatic carbocycles. The summed E-state index contributed by atoms with van der Waals surface area (Å²) in [7, 11) is -2.08. The van der Waals surface area contributed by atoms with Crippen molar-refractivity contribution in [3.63, 3.8) is 0 Å². The van der Waals surface area contributed by atoms with E-state index in [2.05, 4.69) is 9.97 Å². The summed E-state index contributed by atoms with van der Waals surface area (Å²) in [6, 6.07) is 13.8. The maximum absolute atomic E-state index is 12.9. The Morgan fingerprint density at radius 2 is 1.66 bits per heavy atom. The standard InChI is InChI=1S/C23H25N3O5S/c1-16-22(25-21-6-4-3-5-20(21)24-16)15-31-23(27)17-11-13-26(14-12-17)32(28,29)19-9-7-18(30-2)8-10-19/h3-10,17H,11-15H2,1-2H3. The molecule has 0 spiro atoms. The maximum Gasteiger partial charge on any atom is 0.309 e. The van der Waals surface area contributed by atoms with Crippen LogP contribution in [0.2, 0.25) is 0 Å². The highest BCUT2D eigenvalue weighted by molar-refractivity contribution is 7.89. The predicted molar refractivity (Wildman–Crippen MR) is 119 cm³/mol. The molecule has 0 radical (unpaired) electrons. The van der Waals surface area contributed by atoms with Crippen molar-refractivity contribution in [3.8, 4) is 5.75 Å². The van der Waals surface area contributed by atoms with Crippen LogP contribution in [0.3, 0.4) is 0 Å². The van der Waals surface area contributed by atoms with Gasteiger partial charge in [0.05, 0.1) is 40.3 Å². The molecule has 4 rings (SSSR count). The number of ether oxygens (including phenoxy) is 2. The molecule has 1 saturated heterocycles. The van der Waals surface area contributed by atoms with E-state index < -0.39 is 10.0 Å². The van der Waals surface area contributed by atoms with E-state index in [4.69, 9.17) is 9.47 Å². The Morgan fingerprint density at radius 1 is 1.03 bits per heavy atom. The SMILES string of the molecule is COc1ccc(S(=O)(=O)N2CCC(C(=O)OCc3nc4ccccc4nc3C)CC2)cc1. The van der Waals surface area contributed by atoms with Crippen molar-refractivity contribution in [2.45, 2.75) is 31.3 Å². The van der Waals surface area contributed by atoms with Crippen molar-refractivity contribution in [3.05, 3.63) is 59.9 Å². The Labute approximate surface area is 187 Å². The molecule has 0 atom stereocenters. The Bertz CT molecular complexity index is 1220. The summed E-state index contributed by atoms with van der Waals surface area (Å²) < 4.78 is 37.7. The fraction of sp³-hybridized carbons (Fsp3) is 0.348. The molecular weight excluding hydrogens is 430 g/mol. The molecule has 0 saturated carbocycles. The molecule has 1 fully saturated rings. The van der Waals surface area contributed by atoms with Gasteiger partial charge >= 0.3 is 5.97 Å². The van der Waals surface area contributed by atoms with Gasteiger partial charge in [-0.2, -0.15) is 4.31 Å². The highest BCUT2D eigenvalue weighted by atomic mass is 32.2. The van der Waals surface area contributed by atoms with E-state index in [1.54, 1.807) is 12.1 Å². The zero-order valence-electron chi connectivity index (χ0n) is 18.0. The third-order valence-corrected chi connectivity index (χ3v) is 7.59. The summed E-state index contributed by atoms with van der Waals surface area (Å²) in [5.41, 5.74) is 2.89. The van der Waals surface area contributed by atoms with Gasteiger partial charge in [0, 0.05) is 13.1 Å². The molecule has 1 aliphatic heterocycles. The van der Waals surface area contributed by atoms with Crippen molar-refractivity contribution in [2.75, 3.05) is 20.2 Å². The van der Waals surface area contributed by atoms with Crippen LogP contribution in [0.4, 0.5) is 0 Å². The number of sulfonamides is 1. The number of carbonyl (C=O) groups excluding carboxylic acids is 1. The molecule has 168 valence electrons. The Morgan fingerprint density at radius 3 is 2.28 bits per heavy atom. The average molecular weight is 456 g/mol. The first-order valence-corrected chi connectivity index (χ1v) is 11.9. The second kappa shape index (κ2) is 9.22. The fourth-order valence-electron chi connectivity index (χ4n) is 3.75. The summed E-state index contributed by atoms with van der Waals surface area (Å²) in [4.78, 5) is 21.9. The third-order valence-electron chi connectivity index (χ3n) is 5.68. The van der Waals surface area contributed by atoms with Crippen LogP contribution >= 0.6 is 0 Å². The van der Waals surface area contributed by atoms with Crippen LogP contribution in [-0.4, -0.2) is 48.9 Å². The number of esters is 1. The minimum Gasteiger partial charge on any atom is -0.497 e. The summed E-state index contributed by atoms with van der Waals surface area (Å²) in [5.74, 6) is -0.0800. The summed E-state index contributed by atoms with van der Waals surface area (Å²) in [6.45, 7) is 2.42. The van der Waals surface area contributed by atoms with E-state index >= 15 is 0 Å². The molecule has 0 bridgehead atoms. The lowest BCUT2D eigenvalue weighted by Gasteiger charge is -2.30. The van der Waals surface area contributed by atoms with Crippen LogP contribution in [0, 0.1) is 12.8 Å². The number of aryl methyl sites for hydroxylation is 1. The van der Waals surface area contributed by atoms with E-state index in [1.165, 1.54) is 23.5 Å². The third kappa shape index (κ3) is 4.58. The number of piperidine rings is 1. The van der Waals surface area contributed by atoms with Crippen LogP contribution in [0.5, 0.6) is 5.75 Å². The normalized spacial score (nSPS) is 15.6. The number of hydrogen-bond donors (Lipinski definition) is 0. The number of fused-ring (bicyclic) bond motifs is 1. The molecule has 0 amide bonds. The van der Waals surface area contributed by atoms with Crippen LogP contribution in [-0.2, 0) is 26.2 Å². The number of methoxy groups -OCH3 is 1. The van der Waals surface area contributed by atoms with Gasteiger partial charge in [-0.05, 0) is 56.2 Å². The molecule has 3 aromatic rings. The molecule has 1 aromatic heterocycles. The minimum atomic E-state index is -3.61. The van der Waals surface area contributed by atoms with Gasteiger partial charge in [0.1, 0.15) is 12.4 Å². The van der Waals surface area contributed by atoms with E-state index in [9.17, 15) is 13.2 Å². The zero-order valence-corrected chi connectivity index (χ0v) is 18.8. The van der Waals surface area contributed by atoms with Gasteiger partial charge in [0.25, 0.3) is 0 Å². The lowest BCUT2D eigenvalue weighted by atomic mass is 9.98. The number of carbonyl (C=O) groups is 1. The number of aromatic nitrogens is 2. The Balaban J connectivity index is 1.35. The van der Waals surface area contributed by atoms with Gasteiger partial charge in [-0.15, -0.1) is 0 Å². The van der Waals surface area contributed by atoms with E-state index in [0.717, 1.165) is 16.7 Å². The van der Waals surface area contributed by atoms with E-state index in [-0.39, 0.29) is 36.5 Å². The van der Waals surface area contributed by atoms with Crippen LogP contribution in [0.1, 0.15) is 24.2 Å². The molecule has 2 heterocycles. The number of nitrogens with zero attached hydrogens (tertiary/aromatic N) is 3. The molecule has 2 aromatic carbocycles. The largest absolute Gasteiger partial charge is 0.497 e. The summed E-state index contributed by atoms with van der Waals surface area (Å²) in [5, 5.41) is 0. The van der Waals surface area contributed by atoms with Crippen LogP contribution in [0.15, 0.2) is 53.4 Å². The number of hydrogen-bond acceptors (Lipinski definition) is 7. The summed E-state index contributed by atoms with van der Waals surface area (Å²) in [6.07, 6.45) is 0.827. The minimum absolute atomic E-state index is 0.0485. The average Bonchev–Trinajstić information content (AvgIpc) is 2.82. The first kappa shape index (κ1) is 22.2. The predicted octanol–water partition coefficient (Wildman–Crippen LogP) is 3.09. The Hall–Kier alpha value is -3.04. The van der Waals surface area contributed by atoms with Crippen molar-refractivity contribution in [1.82, 2.24) is 14.3 Å².